The fourth-order valence-corrected chi connectivity index (χ4v) is 2.69. The molecule has 1 amide bonds. The van der Waals surface area contributed by atoms with Gasteiger partial charge in [0.05, 0.1) is 0 Å². The predicted octanol–water partition coefficient (Wildman–Crippen LogP) is 2.84. The van der Waals surface area contributed by atoms with Crippen molar-refractivity contribution < 1.29 is 4.79 Å². The minimum atomic E-state index is -0.113. The third-order valence-electron chi connectivity index (χ3n) is 4.28. The fraction of sp³-hybridized carbons (Fsp3) is 0.238. The first-order chi connectivity index (χ1) is 13.2. The maximum absolute atomic E-state index is 12.6. The van der Waals surface area contributed by atoms with Crippen molar-refractivity contribution in [3.05, 3.63) is 84.1 Å². The quantitative estimate of drug-likeness (QED) is 0.668. The Hall–Kier alpha value is -3.28. The average molecular weight is 361 g/mol. The molecule has 0 spiro atoms. The number of hydrogen-bond acceptors (Lipinski definition) is 5. The van der Waals surface area contributed by atoms with Crippen LogP contribution in [-0.2, 0) is 12.8 Å². The van der Waals surface area contributed by atoms with E-state index in [4.69, 9.17) is 0 Å². The topological polar surface area (TPSA) is 71.0 Å². The van der Waals surface area contributed by atoms with Gasteiger partial charge < -0.3 is 10.2 Å². The molecule has 3 aromatic rings. The molecule has 0 fully saturated rings. The normalized spacial score (nSPS) is 10.4. The number of carbonyl (C=O) groups excluding carboxylic acids is 1. The molecule has 0 atom stereocenters. The molecule has 6 heteroatoms. The van der Waals surface area contributed by atoms with Crippen molar-refractivity contribution in [2.75, 3.05) is 25.5 Å². The molecule has 0 radical (unpaired) electrons. The summed E-state index contributed by atoms with van der Waals surface area (Å²) < 4.78 is 0. The SMILES string of the molecule is CN(CCc1ccncc1)C(=O)c1cc(NCCc2ccccc2)ncn1. The molecule has 2 heterocycles. The summed E-state index contributed by atoms with van der Waals surface area (Å²) in [7, 11) is 1.79. The van der Waals surface area contributed by atoms with Crippen molar-refractivity contribution in [3.8, 4) is 0 Å². The number of nitrogens with zero attached hydrogens (tertiary/aromatic N) is 4. The second kappa shape index (κ2) is 9.43. The van der Waals surface area contributed by atoms with Crippen LogP contribution < -0.4 is 5.32 Å². The van der Waals surface area contributed by atoms with Crippen LogP contribution in [0.15, 0.2) is 67.3 Å². The van der Waals surface area contributed by atoms with Gasteiger partial charge in [0.1, 0.15) is 17.8 Å². The van der Waals surface area contributed by atoms with Crippen LogP contribution in [0, 0.1) is 0 Å². The van der Waals surface area contributed by atoms with Crippen molar-refractivity contribution >= 4 is 11.7 Å². The molecule has 3 rings (SSSR count). The number of rotatable bonds is 8. The van der Waals surface area contributed by atoms with Crippen LogP contribution >= 0.6 is 0 Å². The van der Waals surface area contributed by atoms with Gasteiger partial charge in [0.25, 0.3) is 5.91 Å². The van der Waals surface area contributed by atoms with E-state index in [1.54, 1.807) is 30.4 Å². The Labute approximate surface area is 159 Å². The molecule has 0 unspecified atom stereocenters. The highest BCUT2D eigenvalue weighted by Crippen LogP contribution is 2.08. The number of benzene rings is 1. The van der Waals surface area contributed by atoms with Crippen LogP contribution in [0.3, 0.4) is 0 Å². The van der Waals surface area contributed by atoms with E-state index in [1.807, 2.05) is 30.3 Å². The van der Waals surface area contributed by atoms with Crippen molar-refractivity contribution in [3.63, 3.8) is 0 Å². The zero-order valence-electron chi connectivity index (χ0n) is 15.4. The number of likely N-dealkylation sites (N-methyl/N-ethyl adjacent to an activating group) is 1. The summed E-state index contributed by atoms with van der Waals surface area (Å²) in [5.41, 5.74) is 2.80. The first-order valence-electron chi connectivity index (χ1n) is 8.96. The molecular weight excluding hydrogens is 338 g/mol. The molecular formula is C21H23N5O. The number of amides is 1. The molecule has 0 aliphatic carbocycles. The Kier molecular flexibility index (Phi) is 6.46. The van der Waals surface area contributed by atoms with Crippen molar-refractivity contribution in [1.29, 1.82) is 0 Å². The Morgan fingerprint density at radius 1 is 1.00 bits per heavy atom. The van der Waals surface area contributed by atoms with Gasteiger partial charge in [0, 0.05) is 38.6 Å². The first kappa shape index (κ1) is 18.5. The highest BCUT2D eigenvalue weighted by molar-refractivity contribution is 5.92. The molecule has 0 saturated carbocycles. The number of pyridine rings is 1. The number of nitrogens with one attached hydrogen (secondary N) is 1. The number of hydrogen-bond donors (Lipinski definition) is 1. The zero-order valence-corrected chi connectivity index (χ0v) is 15.4. The maximum Gasteiger partial charge on any atom is 0.272 e. The Morgan fingerprint density at radius 3 is 2.52 bits per heavy atom. The van der Waals surface area contributed by atoms with E-state index in [2.05, 4.69) is 32.4 Å². The van der Waals surface area contributed by atoms with E-state index in [-0.39, 0.29) is 5.91 Å². The van der Waals surface area contributed by atoms with Gasteiger partial charge in [-0.05, 0) is 36.1 Å². The summed E-state index contributed by atoms with van der Waals surface area (Å²) in [6.45, 7) is 1.36. The van der Waals surface area contributed by atoms with E-state index in [0.29, 0.717) is 18.1 Å². The van der Waals surface area contributed by atoms with Gasteiger partial charge in [-0.1, -0.05) is 30.3 Å². The highest BCUT2D eigenvalue weighted by atomic mass is 16.2. The molecule has 6 nitrogen and oxygen atoms in total. The molecule has 27 heavy (non-hydrogen) atoms. The van der Waals surface area contributed by atoms with Crippen LogP contribution in [0.2, 0.25) is 0 Å². The lowest BCUT2D eigenvalue weighted by molar-refractivity contribution is 0.0790. The minimum absolute atomic E-state index is 0.113. The lowest BCUT2D eigenvalue weighted by Crippen LogP contribution is -2.29. The van der Waals surface area contributed by atoms with Gasteiger partial charge in [-0.25, -0.2) is 9.97 Å². The molecule has 0 aliphatic rings. The van der Waals surface area contributed by atoms with Gasteiger partial charge in [-0.15, -0.1) is 0 Å². The van der Waals surface area contributed by atoms with Crippen molar-refractivity contribution in [2.24, 2.45) is 0 Å². The van der Waals surface area contributed by atoms with Crippen LogP contribution in [0.5, 0.6) is 0 Å². The third-order valence-corrected chi connectivity index (χ3v) is 4.28. The minimum Gasteiger partial charge on any atom is -0.370 e. The van der Waals surface area contributed by atoms with E-state index in [9.17, 15) is 4.79 Å². The molecule has 0 aliphatic heterocycles. The molecule has 0 saturated heterocycles. The summed E-state index contributed by atoms with van der Waals surface area (Å²) in [4.78, 5) is 26.6. The molecule has 0 bridgehead atoms. The Morgan fingerprint density at radius 2 is 1.74 bits per heavy atom. The second-order valence-corrected chi connectivity index (χ2v) is 6.28. The molecule has 1 N–H and O–H groups in total. The summed E-state index contributed by atoms with van der Waals surface area (Å²) >= 11 is 0. The summed E-state index contributed by atoms with van der Waals surface area (Å²) in [6.07, 6.45) is 6.61. The third kappa shape index (κ3) is 5.60. The molecule has 1 aromatic carbocycles. The molecule has 2 aromatic heterocycles. The van der Waals surface area contributed by atoms with Crippen molar-refractivity contribution in [1.82, 2.24) is 19.9 Å². The maximum atomic E-state index is 12.6. The summed E-state index contributed by atoms with van der Waals surface area (Å²) in [5, 5.41) is 3.26. The van der Waals surface area contributed by atoms with E-state index >= 15 is 0 Å². The average Bonchev–Trinajstić information content (AvgIpc) is 2.73. The molecule has 138 valence electrons. The monoisotopic (exact) mass is 361 g/mol. The first-order valence-corrected chi connectivity index (χ1v) is 8.96. The van der Waals surface area contributed by atoms with E-state index in [0.717, 1.165) is 24.9 Å². The van der Waals surface area contributed by atoms with Crippen LogP contribution in [0.4, 0.5) is 5.82 Å². The van der Waals surface area contributed by atoms with E-state index < -0.39 is 0 Å². The summed E-state index contributed by atoms with van der Waals surface area (Å²) in [5.74, 6) is 0.546. The second-order valence-electron chi connectivity index (χ2n) is 6.28. The lowest BCUT2D eigenvalue weighted by Gasteiger charge is -2.17. The zero-order chi connectivity index (χ0) is 18.9. The predicted molar refractivity (Wildman–Crippen MR) is 106 cm³/mol. The fourth-order valence-electron chi connectivity index (χ4n) is 2.69. The van der Waals surface area contributed by atoms with Gasteiger partial charge >= 0.3 is 0 Å². The smallest absolute Gasteiger partial charge is 0.272 e. The largest absolute Gasteiger partial charge is 0.370 e. The summed E-state index contributed by atoms with van der Waals surface area (Å²) in [6, 6.07) is 15.9. The van der Waals surface area contributed by atoms with Gasteiger partial charge in [0.15, 0.2) is 0 Å². The lowest BCUT2D eigenvalue weighted by atomic mass is 10.1. The standard InChI is InChI=1S/C21H23N5O/c1-26(14-10-18-7-11-22-12-8-18)21(27)19-15-20(25-16-24-19)23-13-9-17-5-3-2-4-6-17/h2-8,11-12,15-16H,9-10,13-14H2,1H3,(H,23,24,25). The number of carbonyl (C=O) groups is 1. The van der Waals surface area contributed by atoms with Crippen molar-refractivity contribution in [2.45, 2.75) is 12.8 Å². The Balaban J connectivity index is 1.53. The Bertz CT molecular complexity index is 855. The van der Waals surface area contributed by atoms with Gasteiger partial charge in [-0.2, -0.15) is 0 Å². The van der Waals surface area contributed by atoms with Gasteiger partial charge in [0.2, 0.25) is 0 Å². The van der Waals surface area contributed by atoms with Crippen LogP contribution in [0.25, 0.3) is 0 Å². The number of aromatic nitrogens is 3. The number of anilines is 1. The van der Waals surface area contributed by atoms with Crippen LogP contribution in [0.1, 0.15) is 21.6 Å². The highest BCUT2D eigenvalue weighted by Gasteiger charge is 2.14. The van der Waals surface area contributed by atoms with Gasteiger partial charge in [-0.3, -0.25) is 9.78 Å². The van der Waals surface area contributed by atoms with E-state index in [1.165, 1.54) is 11.9 Å². The van der Waals surface area contributed by atoms with Crippen LogP contribution in [-0.4, -0.2) is 45.9 Å².